The lowest BCUT2D eigenvalue weighted by Gasteiger charge is -2.11. The first-order valence-electron chi connectivity index (χ1n) is 9.12. The van der Waals surface area contributed by atoms with Crippen LogP contribution < -0.4 is 14.8 Å². The lowest BCUT2D eigenvalue weighted by molar-refractivity contribution is -0.119. The second kappa shape index (κ2) is 10.1. The first-order chi connectivity index (χ1) is 14.5. The largest absolute Gasteiger partial charge is 0.495 e. The highest BCUT2D eigenvalue weighted by atomic mass is 19.1. The molecule has 0 aromatic heterocycles. The number of anilines is 1. The van der Waals surface area contributed by atoms with Crippen LogP contribution in [0.5, 0.6) is 11.5 Å². The van der Waals surface area contributed by atoms with Crippen molar-refractivity contribution in [2.75, 3.05) is 19.0 Å². The molecule has 3 rings (SSSR count). The summed E-state index contributed by atoms with van der Waals surface area (Å²) in [5.41, 5.74) is 1.52. The second-order valence-electron chi connectivity index (χ2n) is 6.27. The molecular weight excluding hydrogens is 389 g/mol. The Balaban J connectivity index is 1.53. The van der Waals surface area contributed by atoms with Gasteiger partial charge < -0.3 is 19.5 Å². The zero-order valence-corrected chi connectivity index (χ0v) is 16.3. The van der Waals surface area contributed by atoms with Crippen LogP contribution in [0.3, 0.4) is 0 Å². The van der Waals surface area contributed by atoms with Crippen molar-refractivity contribution in [3.05, 3.63) is 89.7 Å². The third-order valence-corrected chi connectivity index (χ3v) is 4.10. The van der Waals surface area contributed by atoms with Crippen LogP contribution in [0.15, 0.2) is 72.8 Å². The highest BCUT2D eigenvalue weighted by molar-refractivity contribution is 5.96. The van der Waals surface area contributed by atoms with E-state index in [4.69, 9.17) is 14.2 Å². The van der Waals surface area contributed by atoms with Gasteiger partial charge in [0, 0.05) is 0 Å². The lowest BCUT2D eigenvalue weighted by Crippen LogP contribution is -2.21. The van der Waals surface area contributed by atoms with Crippen molar-refractivity contribution in [3.8, 4) is 11.5 Å². The molecule has 0 saturated carbocycles. The van der Waals surface area contributed by atoms with Crippen LogP contribution in [-0.4, -0.2) is 25.6 Å². The van der Waals surface area contributed by atoms with Crippen molar-refractivity contribution in [2.45, 2.75) is 6.61 Å². The Kier molecular flexibility index (Phi) is 7.00. The molecule has 30 heavy (non-hydrogen) atoms. The van der Waals surface area contributed by atoms with E-state index < -0.39 is 18.5 Å². The summed E-state index contributed by atoms with van der Waals surface area (Å²) in [5, 5.41) is 2.63. The van der Waals surface area contributed by atoms with Gasteiger partial charge in [-0.15, -0.1) is 0 Å². The molecular formula is C23H20FNO5. The van der Waals surface area contributed by atoms with E-state index in [-0.39, 0.29) is 18.0 Å². The number of carbonyl (C=O) groups is 2. The van der Waals surface area contributed by atoms with Gasteiger partial charge in [-0.2, -0.15) is 0 Å². The normalized spacial score (nSPS) is 10.2. The lowest BCUT2D eigenvalue weighted by atomic mass is 10.2. The number of benzene rings is 3. The Morgan fingerprint density at radius 2 is 1.73 bits per heavy atom. The molecule has 0 aliphatic heterocycles. The molecule has 0 bridgehead atoms. The Labute approximate surface area is 173 Å². The summed E-state index contributed by atoms with van der Waals surface area (Å²) >= 11 is 0. The second-order valence-corrected chi connectivity index (χ2v) is 6.27. The molecule has 0 spiro atoms. The molecule has 7 heteroatoms. The molecule has 0 atom stereocenters. The third-order valence-electron chi connectivity index (χ3n) is 4.10. The highest BCUT2D eigenvalue weighted by Crippen LogP contribution is 2.23. The van der Waals surface area contributed by atoms with Gasteiger partial charge in [-0.05, 0) is 48.0 Å². The van der Waals surface area contributed by atoms with E-state index in [0.717, 1.165) is 5.56 Å². The van der Waals surface area contributed by atoms with Crippen molar-refractivity contribution in [1.82, 2.24) is 0 Å². The van der Waals surface area contributed by atoms with Crippen molar-refractivity contribution in [2.24, 2.45) is 0 Å². The minimum Gasteiger partial charge on any atom is -0.495 e. The molecule has 6 nitrogen and oxygen atoms in total. The molecule has 0 aliphatic carbocycles. The van der Waals surface area contributed by atoms with Gasteiger partial charge in [0.05, 0.1) is 18.4 Å². The summed E-state index contributed by atoms with van der Waals surface area (Å²) < 4.78 is 28.8. The molecule has 0 saturated heterocycles. The van der Waals surface area contributed by atoms with E-state index in [9.17, 15) is 14.0 Å². The number of para-hydroxylation sites is 2. The minimum atomic E-state index is -0.655. The van der Waals surface area contributed by atoms with Gasteiger partial charge in [-0.25, -0.2) is 9.18 Å². The number of hydrogen-bond donors (Lipinski definition) is 1. The molecule has 0 aliphatic rings. The Bertz CT molecular complexity index is 1020. The van der Waals surface area contributed by atoms with Gasteiger partial charge >= 0.3 is 5.97 Å². The van der Waals surface area contributed by atoms with E-state index in [1.54, 1.807) is 54.6 Å². The first-order valence-corrected chi connectivity index (χ1v) is 9.12. The molecule has 154 valence electrons. The number of ether oxygens (including phenoxy) is 3. The molecule has 3 aromatic carbocycles. The van der Waals surface area contributed by atoms with Gasteiger partial charge in [0.2, 0.25) is 0 Å². The Hall–Kier alpha value is -3.87. The standard InChI is InChI=1S/C23H20FNO5/c1-28-21-8-3-2-7-20(21)25-22(26)15-30-23(27)17-5-4-6-19(13-17)29-14-16-9-11-18(24)12-10-16/h2-13H,14-15H2,1H3,(H,25,26). The van der Waals surface area contributed by atoms with Crippen LogP contribution in [0.4, 0.5) is 10.1 Å². The predicted molar refractivity (Wildman–Crippen MR) is 109 cm³/mol. The predicted octanol–water partition coefficient (Wildman–Crippen LogP) is 4.21. The maximum atomic E-state index is 13.0. The van der Waals surface area contributed by atoms with Crippen molar-refractivity contribution < 1.29 is 28.2 Å². The number of hydrogen-bond acceptors (Lipinski definition) is 5. The minimum absolute atomic E-state index is 0.222. The molecule has 0 fully saturated rings. The topological polar surface area (TPSA) is 73.9 Å². The van der Waals surface area contributed by atoms with E-state index in [1.165, 1.54) is 25.3 Å². The Morgan fingerprint density at radius 3 is 2.50 bits per heavy atom. The number of halogens is 1. The van der Waals surface area contributed by atoms with Crippen molar-refractivity contribution >= 4 is 17.6 Å². The number of carbonyl (C=O) groups excluding carboxylic acids is 2. The molecule has 0 unspecified atom stereocenters. The number of nitrogens with one attached hydrogen (secondary N) is 1. The average molecular weight is 409 g/mol. The fourth-order valence-electron chi connectivity index (χ4n) is 2.61. The SMILES string of the molecule is COc1ccccc1NC(=O)COC(=O)c1cccc(OCc2ccc(F)cc2)c1. The third kappa shape index (κ3) is 5.81. The fraction of sp³-hybridized carbons (Fsp3) is 0.130. The summed E-state index contributed by atoms with van der Waals surface area (Å²) in [6.07, 6.45) is 0. The number of amides is 1. The van der Waals surface area contributed by atoms with E-state index in [2.05, 4.69) is 5.32 Å². The maximum absolute atomic E-state index is 13.0. The van der Waals surface area contributed by atoms with Crippen LogP contribution in [0.1, 0.15) is 15.9 Å². The van der Waals surface area contributed by atoms with E-state index in [0.29, 0.717) is 17.2 Å². The van der Waals surface area contributed by atoms with Gasteiger partial charge in [0.1, 0.15) is 23.9 Å². The molecule has 3 aromatic rings. The van der Waals surface area contributed by atoms with Gasteiger partial charge in [-0.3, -0.25) is 4.79 Å². The van der Waals surface area contributed by atoms with Gasteiger partial charge in [-0.1, -0.05) is 30.3 Å². The first kappa shape index (κ1) is 20.9. The monoisotopic (exact) mass is 409 g/mol. The average Bonchev–Trinajstić information content (AvgIpc) is 2.77. The summed E-state index contributed by atoms with van der Waals surface area (Å²) in [6, 6.07) is 19.3. The van der Waals surface area contributed by atoms with Crippen LogP contribution in [0.25, 0.3) is 0 Å². The molecule has 0 radical (unpaired) electrons. The summed E-state index contributed by atoms with van der Waals surface area (Å²) in [7, 11) is 1.50. The Morgan fingerprint density at radius 1 is 0.967 bits per heavy atom. The molecule has 1 N–H and O–H groups in total. The van der Waals surface area contributed by atoms with Crippen LogP contribution in [-0.2, 0) is 16.1 Å². The quantitative estimate of drug-likeness (QED) is 0.564. The van der Waals surface area contributed by atoms with Crippen LogP contribution in [0.2, 0.25) is 0 Å². The fourth-order valence-corrected chi connectivity index (χ4v) is 2.61. The summed E-state index contributed by atoms with van der Waals surface area (Å²) in [6.45, 7) is -0.225. The van der Waals surface area contributed by atoms with Gasteiger partial charge in [0.15, 0.2) is 6.61 Å². The maximum Gasteiger partial charge on any atom is 0.338 e. The zero-order valence-electron chi connectivity index (χ0n) is 16.3. The smallest absolute Gasteiger partial charge is 0.338 e. The van der Waals surface area contributed by atoms with E-state index >= 15 is 0 Å². The summed E-state index contributed by atoms with van der Waals surface area (Å²) in [5.74, 6) is -0.511. The van der Waals surface area contributed by atoms with Gasteiger partial charge in [0.25, 0.3) is 5.91 Å². The zero-order chi connectivity index (χ0) is 21.3. The van der Waals surface area contributed by atoms with Crippen LogP contribution in [0, 0.1) is 5.82 Å². The van der Waals surface area contributed by atoms with Crippen molar-refractivity contribution in [3.63, 3.8) is 0 Å². The van der Waals surface area contributed by atoms with Crippen molar-refractivity contribution in [1.29, 1.82) is 0 Å². The van der Waals surface area contributed by atoms with Crippen LogP contribution >= 0.6 is 0 Å². The van der Waals surface area contributed by atoms with E-state index in [1.807, 2.05) is 0 Å². The molecule has 0 heterocycles. The summed E-state index contributed by atoms with van der Waals surface area (Å²) in [4.78, 5) is 24.3. The number of methoxy groups -OCH3 is 1. The number of esters is 1. The highest BCUT2D eigenvalue weighted by Gasteiger charge is 2.13. The molecule has 1 amide bonds. The number of rotatable bonds is 8.